The van der Waals surface area contributed by atoms with Crippen LogP contribution in [0.2, 0.25) is 0 Å². The van der Waals surface area contributed by atoms with Crippen molar-refractivity contribution in [1.82, 2.24) is 0 Å². The SMILES string of the molecule is CCOC(=O)C1=CC(C)=NC(=O)C1[N+](=O)[O-]. The standard InChI is InChI=1S/C9H10N2O5/c1-3-16-9(13)6-4-5(2)10-8(12)7(6)11(14)15/h4,7H,3H2,1-2H3. The number of carbonyl (C=O) groups excluding carboxylic acids is 2. The predicted molar refractivity (Wildman–Crippen MR) is 53.6 cm³/mol. The number of esters is 1. The fourth-order valence-electron chi connectivity index (χ4n) is 1.29. The first-order valence-electron chi connectivity index (χ1n) is 4.58. The molecular formula is C9H10N2O5. The highest BCUT2D eigenvalue weighted by Crippen LogP contribution is 2.15. The molecule has 0 saturated carbocycles. The monoisotopic (exact) mass is 226 g/mol. The van der Waals surface area contributed by atoms with Gasteiger partial charge in [-0.2, -0.15) is 0 Å². The van der Waals surface area contributed by atoms with E-state index in [1.54, 1.807) is 6.92 Å². The summed E-state index contributed by atoms with van der Waals surface area (Å²) in [7, 11) is 0. The van der Waals surface area contributed by atoms with Crippen molar-refractivity contribution in [3.63, 3.8) is 0 Å². The Kier molecular flexibility index (Phi) is 3.49. The van der Waals surface area contributed by atoms with Gasteiger partial charge in [-0.25, -0.2) is 9.79 Å². The molecule has 0 aromatic heterocycles. The summed E-state index contributed by atoms with van der Waals surface area (Å²) in [4.78, 5) is 35.9. The second-order valence-electron chi connectivity index (χ2n) is 3.10. The van der Waals surface area contributed by atoms with E-state index in [-0.39, 0.29) is 17.9 Å². The van der Waals surface area contributed by atoms with E-state index in [0.717, 1.165) is 0 Å². The van der Waals surface area contributed by atoms with Crippen LogP contribution in [0.4, 0.5) is 0 Å². The van der Waals surface area contributed by atoms with Crippen LogP contribution in [0, 0.1) is 10.1 Å². The van der Waals surface area contributed by atoms with Crippen LogP contribution in [0.3, 0.4) is 0 Å². The maximum Gasteiger partial charge on any atom is 0.341 e. The van der Waals surface area contributed by atoms with Crippen molar-refractivity contribution in [3.05, 3.63) is 21.8 Å². The summed E-state index contributed by atoms with van der Waals surface area (Å²) in [5.74, 6) is -1.81. The van der Waals surface area contributed by atoms with Gasteiger partial charge in [0, 0.05) is 10.6 Å². The number of ether oxygens (including phenoxy) is 1. The van der Waals surface area contributed by atoms with Crippen LogP contribution in [0.25, 0.3) is 0 Å². The quantitative estimate of drug-likeness (QED) is 0.386. The molecule has 1 amide bonds. The van der Waals surface area contributed by atoms with E-state index in [1.165, 1.54) is 13.0 Å². The Hall–Kier alpha value is -2.05. The summed E-state index contributed by atoms with van der Waals surface area (Å²) >= 11 is 0. The predicted octanol–water partition coefficient (Wildman–Crippen LogP) is 0.122. The molecule has 16 heavy (non-hydrogen) atoms. The summed E-state index contributed by atoms with van der Waals surface area (Å²) < 4.78 is 4.64. The van der Waals surface area contributed by atoms with Gasteiger partial charge in [-0.3, -0.25) is 14.9 Å². The molecule has 0 aliphatic carbocycles. The topological polar surface area (TPSA) is 98.9 Å². The molecule has 1 aliphatic rings. The van der Waals surface area contributed by atoms with Crippen LogP contribution in [0.15, 0.2) is 16.6 Å². The van der Waals surface area contributed by atoms with Gasteiger partial charge in [0.25, 0.3) is 0 Å². The molecule has 0 N–H and O–H groups in total. The first kappa shape index (κ1) is 12.0. The van der Waals surface area contributed by atoms with Gasteiger partial charge in [0.15, 0.2) is 0 Å². The third-order valence-electron chi connectivity index (χ3n) is 1.90. The Balaban J connectivity index is 3.09. The van der Waals surface area contributed by atoms with Crippen molar-refractivity contribution >= 4 is 17.6 Å². The third kappa shape index (κ3) is 2.30. The van der Waals surface area contributed by atoms with E-state index in [0.29, 0.717) is 0 Å². The molecule has 86 valence electrons. The highest BCUT2D eigenvalue weighted by Gasteiger charge is 2.41. The van der Waals surface area contributed by atoms with Gasteiger partial charge in [0.1, 0.15) is 5.57 Å². The van der Waals surface area contributed by atoms with Crippen molar-refractivity contribution in [2.75, 3.05) is 6.61 Å². The first-order chi connectivity index (χ1) is 7.47. The molecule has 0 fully saturated rings. The molecule has 0 saturated heterocycles. The molecule has 1 heterocycles. The zero-order valence-electron chi connectivity index (χ0n) is 8.80. The Morgan fingerprint density at radius 3 is 2.81 bits per heavy atom. The molecule has 0 spiro atoms. The number of nitrogens with zero attached hydrogens (tertiary/aromatic N) is 2. The number of rotatable bonds is 3. The average molecular weight is 226 g/mol. The zero-order chi connectivity index (χ0) is 12.3. The number of dihydropyridines is 1. The summed E-state index contributed by atoms with van der Waals surface area (Å²) in [5.41, 5.74) is -0.0181. The molecular weight excluding hydrogens is 216 g/mol. The molecule has 0 aromatic carbocycles. The minimum atomic E-state index is -1.75. The first-order valence-corrected chi connectivity index (χ1v) is 4.58. The highest BCUT2D eigenvalue weighted by molar-refractivity contribution is 6.13. The fourth-order valence-corrected chi connectivity index (χ4v) is 1.29. The lowest BCUT2D eigenvalue weighted by molar-refractivity contribution is -0.497. The maximum atomic E-state index is 11.4. The van der Waals surface area contributed by atoms with Gasteiger partial charge in [0.05, 0.1) is 6.61 Å². The smallest absolute Gasteiger partial charge is 0.341 e. The fraction of sp³-hybridized carbons (Fsp3) is 0.444. The number of carbonyl (C=O) groups is 2. The molecule has 0 aromatic rings. The molecule has 0 bridgehead atoms. The number of aliphatic imine (C=N–C) groups is 1. The number of hydrogen-bond acceptors (Lipinski definition) is 5. The van der Waals surface area contributed by atoms with E-state index in [9.17, 15) is 19.7 Å². The van der Waals surface area contributed by atoms with Crippen LogP contribution < -0.4 is 0 Å². The highest BCUT2D eigenvalue weighted by atomic mass is 16.6. The average Bonchev–Trinajstić information content (AvgIpc) is 2.15. The van der Waals surface area contributed by atoms with E-state index in [4.69, 9.17) is 0 Å². The van der Waals surface area contributed by atoms with Crippen molar-refractivity contribution in [3.8, 4) is 0 Å². The van der Waals surface area contributed by atoms with E-state index < -0.39 is 22.8 Å². The molecule has 1 unspecified atom stereocenters. The van der Waals surface area contributed by atoms with Gasteiger partial charge in [-0.05, 0) is 19.9 Å². The minimum Gasteiger partial charge on any atom is -0.462 e. The Morgan fingerprint density at radius 1 is 1.69 bits per heavy atom. The van der Waals surface area contributed by atoms with E-state index >= 15 is 0 Å². The van der Waals surface area contributed by atoms with E-state index in [2.05, 4.69) is 9.73 Å². The van der Waals surface area contributed by atoms with Crippen molar-refractivity contribution in [2.24, 2.45) is 4.99 Å². The van der Waals surface area contributed by atoms with Crippen LogP contribution in [-0.4, -0.2) is 35.2 Å². The zero-order valence-corrected chi connectivity index (χ0v) is 8.80. The third-order valence-corrected chi connectivity index (χ3v) is 1.90. The van der Waals surface area contributed by atoms with Gasteiger partial charge < -0.3 is 4.74 Å². The van der Waals surface area contributed by atoms with Crippen LogP contribution in [-0.2, 0) is 14.3 Å². The van der Waals surface area contributed by atoms with Crippen molar-refractivity contribution in [1.29, 1.82) is 0 Å². The summed E-state index contributed by atoms with van der Waals surface area (Å²) in [6, 6.07) is -1.75. The van der Waals surface area contributed by atoms with Gasteiger partial charge in [0.2, 0.25) is 0 Å². The van der Waals surface area contributed by atoms with Gasteiger partial charge in [-0.1, -0.05) is 0 Å². The number of nitro groups is 1. The molecule has 7 heteroatoms. The lowest BCUT2D eigenvalue weighted by Crippen LogP contribution is -2.37. The maximum absolute atomic E-state index is 11.4. The number of hydrogen-bond donors (Lipinski definition) is 0. The van der Waals surface area contributed by atoms with Gasteiger partial charge in [-0.15, -0.1) is 0 Å². The summed E-state index contributed by atoms with van der Waals surface area (Å²) in [5, 5.41) is 10.7. The van der Waals surface area contributed by atoms with Crippen molar-refractivity contribution < 1.29 is 19.2 Å². The Morgan fingerprint density at radius 2 is 2.31 bits per heavy atom. The van der Waals surface area contributed by atoms with Crippen molar-refractivity contribution in [2.45, 2.75) is 19.9 Å². The Bertz CT molecular complexity index is 410. The second-order valence-corrected chi connectivity index (χ2v) is 3.10. The molecule has 0 radical (unpaired) electrons. The van der Waals surface area contributed by atoms with Crippen LogP contribution >= 0.6 is 0 Å². The lowest BCUT2D eigenvalue weighted by Gasteiger charge is -2.13. The largest absolute Gasteiger partial charge is 0.462 e. The molecule has 1 aliphatic heterocycles. The number of allylic oxidation sites excluding steroid dienone is 1. The summed E-state index contributed by atoms with van der Waals surface area (Å²) in [6.07, 6.45) is 1.20. The number of amides is 1. The normalized spacial score (nSPS) is 19.9. The lowest BCUT2D eigenvalue weighted by atomic mass is 10.0. The minimum absolute atomic E-state index is 0.0883. The second kappa shape index (κ2) is 4.65. The van der Waals surface area contributed by atoms with Crippen LogP contribution in [0.5, 0.6) is 0 Å². The molecule has 1 atom stereocenters. The van der Waals surface area contributed by atoms with E-state index in [1.807, 2.05) is 0 Å². The summed E-state index contributed by atoms with van der Waals surface area (Å²) in [6.45, 7) is 3.14. The van der Waals surface area contributed by atoms with Gasteiger partial charge >= 0.3 is 17.9 Å². The molecule has 7 nitrogen and oxygen atoms in total. The van der Waals surface area contributed by atoms with Crippen LogP contribution in [0.1, 0.15) is 13.8 Å². The molecule has 1 rings (SSSR count). The Labute approximate surface area is 90.9 Å².